The third-order valence-electron chi connectivity index (χ3n) is 5.43. The summed E-state index contributed by atoms with van der Waals surface area (Å²) in [6.07, 6.45) is 5.52. The van der Waals surface area contributed by atoms with Crippen LogP contribution in [0, 0.1) is 0 Å². The molecule has 1 aromatic carbocycles. The Morgan fingerprint density at radius 3 is 2.54 bits per heavy atom. The molecule has 2 aliphatic carbocycles. The Kier molecular flexibility index (Phi) is 5.03. The Bertz CT molecular complexity index is 809. The van der Waals surface area contributed by atoms with Gasteiger partial charge in [-0.1, -0.05) is 17.7 Å². The molecule has 1 aromatic rings. The van der Waals surface area contributed by atoms with E-state index in [4.69, 9.17) is 0 Å². The quantitative estimate of drug-likeness (QED) is 0.450. The molecule has 0 aromatic heterocycles. The zero-order chi connectivity index (χ0) is 18.9. The van der Waals surface area contributed by atoms with E-state index < -0.39 is 0 Å². The van der Waals surface area contributed by atoms with Crippen LogP contribution >= 0.6 is 0 Å². The van der Waals surface area contributed by atoms with Crippen molar-refractivity contribution in [2.24, 2.45) is 4.99 Å². The van der Waals surface area contributed by atoms with E-state index in [1.54, 1.807) is 0 Å². The van der Waals surface area contributed by atoms with Crippen LogP contribution in [-0.4, -0.2) is 18.2 Å². The maximum Gasteiger partial charge on any atom is 0.256 e. The maximum absolute atomic E-state index is 13.1. The van der Waals surface area contributed by atoms with Gasteiger partial charge in [0.15, 0.2) is 0 Å². The summed E-state index contributed by atoms with van der Waals surface area (Å²) in [6, 6.07) is 6.18. The number of anilines is 1. The lowest BCUT2D eigenvalue weighted by Crippen LogP contribution is -2.28. The fourth-order valence-electron chi connectivity index (χ4n) is 3.66. The number of aryl methyl sites for hydroxylation is 1. The molecule has 4 nitrogen and oxygen atoms in total. The largest absolute Gasteiger partial charge is 0.365 e. The topological polar surface area (TPSA) is 53.5 Å². The zero-order valence-electron chi connectivity index (χ0n) is 16.3. The Labute approximate surface area is 156 Å². The fraction of sp³-hybridized carbons (Fsp3) is 0.455. The Hall–Kier alpha value is -2.36. The number of benzene rings is 1. The average Bonchev–Trinajstić information content (AvgIpc) is 3.11. The molecule has 0 spiro atoms. The lowest BCUT2D eigenvalue weighted by Gasteiger charge is -2.19. The standard InChI is InChI=1S/C22H29N3O/c1-14(2)19(15(3)20(23-5)25-22(4)12-13-22)21(26)24-18-11-7-9-16-8-6-10-17(16)18/h7,9,11,25H,5-6,8,10,12-13H2,1-4H3,(H,24,26)/b20-15-. The zero-order valence-corrected chi connectivity index (χ0v) is 16.3. The van der Waals surface area contributed by atoms with E-state index in [0.29, 0.717) is 11.4 Å². The second-order valence-corrected chi connectivity index (χ2v) is 7.94. The SMILES string of the molecule is C=N/C(NC1(C)CC1)=C(\C)C(C(=O)Nc1cccc2c1CCC2)=C(C)C. The van der Waals surface area contributed by atoms with Crippen molar-refractivity contribution >= 4 is 18.3 Å². The first kappa shape index (κ1) is 18.4. The molecule has 4 heteroatoms. The van der Waals surface area contributed by atoms with E-state index in [-0.39, 0.29) is 11.4 Å². The van der Waals surface area contributed by atoms with Crippen molar-refractivity contribution in [3.63, 3.8) is 0 Å². The van der Waals surface area contributed by atoms with Gasteiger partial charge in [0.1, 0.15) is 5.82 Å². The molecule has 0 unspecified atom stereocenters. The van der Waals surface area contributed by atoms with Crippen molar-refractivity contribution in [3.05, 3.63) is 51.9 Å². The average molecular weight is 351 g/mol. The first-order valence-corrected chi connectivity index (χ1v) is 9.40. The third kappa shape index (κ3) is 3.74. The predicted molar refractivity (Wildman–Crippen MR) is 108 cm³/mol. The number of aliphatic imine (C=N–C) groups is 1. The molecule has 0 bridgehead atoms. The first-order chi connectivity index (χ1) is 12.3. The highest BCUT2D eigenvalue weighted by Gasteiger charge is 2.38. The number of fused-ring (bicyclic) bond motifs is 1. The lowest BCUT2D eigenvalue weighted by molar-refractivity contribution is -0.112. The summed E-state index contributed by atoms with van der Waals surface area (Å²) in [7, 11) is 0. The van der Waals surface area contributed by atoms with Gasteiger partial charge in [-0.25, -0.2) is 4.99 Å². The molecule has 0 saturated heterocycles. The van der Waals surface area contributed by atoms with Crippen LogP contribution in [0.15, 0.2) is 45.7 Å². The van der Waals surface area contributed by atoms with Crippen LogP contribution in [0.3, 0.4) is 0 Å². The number of rotatable bonds is 6. The molecule has 0 atom stereocenters. The second kappa shape index (κ2) is 7.10. The number of carbonyl (C=O) groups excluding carboxylic acids is 1. The van der Waals surface area contributed by atoms with Gasteiger partial charge in [0.25, 0.3) is 5.91 Å². The number of allylic oxidation sites excluding steroid dienone is 1. The summed E-state index contributed by atoms with van der Waals surface area (Å²) < 4.78 is 0. The number of nitrogens with zero attached hydrogens (tertiary/aromatic N) is 1. The maximum atomic E-state index is 13.1. The molecule has 26 heavy (non-hydrogen) atoms. The van der Waals surface area contributed by atoms with Gasteiger partial charge in [-0.05, 0) is 83.7 Å². The molecule has 3 rings (SSSR count). The van der Waals surface area contributed by atoms with Crippen LogP contribution < -0.4 is 10.6 Å². The predicted octanol–water partition coefficient (Wildman–Crippen LogP) is 4.52. The van der Waals surface area contributed by atoms with E-state index in [9.17, 15) is 4.79 Å². The van der Waals surface area contributed by atoms with Crippen LogP contribution in [0.5, 0.6) is 0 Å². The number of hydrogen-bond donors (Lipinski definition) is 2. The highest BCUT2D eigenvalue weighted by Crippen LogP contribution is 2.36. The molecule has 1 amide bonds. The molecular weight excluding hydrogens is 322 g/mol. The molecule has 1 fully saturated rings. The van der Waals surface area contributed by atoms with Crippen molar-refractivity contribution < 1.29 is 4.79 Å². The van der Waals surface area contributed by atoms with E-state index in [0.717, 1.165) is 48.9 Å². The van der Waals surface area contributed by atoms with Crippen LogP contribution in [0.4, 0.5) is 5.69 Å². The lowest BCUT2D eigenvalue weighted by atomic mass is 10.0. The third-order valence-corrected chi connectivity index (χ3v) is 5.43. The second-order valence-electron chi connectivity index (χ2n) is 7.94. The van der Waals surface area contributed by atoms with E-state index in [2.05, 4.69) is 35.3 Å². The number of carbonyl (C=O) groups is 1. The van der Waals surface area contributed by atoms with Gasteiger partial charge >= 0.3 is 0 Å². The number of hydrogen-bond acceptors (Lipinski definition) is 3. The fourth-order valence-corrected chi connectivity index (χ4v) is 3.66. The van der Waals surface area contributed by atoms with Gasteiger partial charge in [0, 0.05) is 22.4 Å². The molecule has 138 valence electrons. The van der Waals surface area contributed by atoms with Crippen LogP contribution in [0.1, 0.15) is 58.1 Å². The summed E-state index contributed by atoms with van der Waals surface area (Å²) in [5, 5.41) is 6.59. The minimum absolute atomic E-state index is 0.0771. The van der Waals surface area contributed by atoms with Gasteiger partial charge in [-0.2, -0.15) is 0 Å². The molecule has 1 saturated carbocycles. The molecule has 0 aliphatic heterocycles. The van der Waals surface area contributed by atoms with Crippen molar-refractivity contribution in [1.82, 2.24) is 5.32 Å². The van der Waals surface area contributed by atoms with Crippen molar-refractivity contribution in [2.45, 2.75) is 65.3 Å². The highest BCUT2D eigenvalue weighted by atomic mass is 16.1. The van der Waals surface area contributed by atoms with Gasteiger partial charge in [-0.3, -0.25) is 4.79 Å². The summed E-state index contributed by atoms with van der Waals surface area (Å²) in [6.45, 7) is 11.7. The smallest absolute Gasteiger partial charge is 0.256 e. The van der Waals surface area contributed by atoms with E-state index in [1.807, 2.05) is 32.9 Å². The van der Waals surface area contributed by atoms with Crippen LogP contribution in [0.2, 0.25) is 0 Å². The van der Waals surface area contributed by atoms with Gasteiger partial charge < -0.3 is 10.6 Å². The highest BCUT2D eigenvalue weighted by molar-refractivity contribution is 6.07. The number of nitrogens with one attached hydrogen (secondary N) is 2. The van der Waals surface area contributed by atoms with Gasteiger partial charge in [0.05, 0.1) is 0 Å². The summed E-state index contributed by atoms with van der Waals surface area (Å²) in [5.41, 5.74) is 6.15. The van der Waals surface area contributed by atoms with E-state index >= 15 is 0 Å². The van der Waals surface area contributed by atoms with Crippen molar-refractivity contribution in [1.29, 1.82) is 0 Å². The Morgan fingerprint density at radius 2 is 1.92 bits per heavy atom. The van der Waals surface area contributed by atoms with E-state index in [1.165, 1.54) is 11.1 Å². The summed E-state index contributed by atoms with van der Waals surface area (Å²) in [4.78, 5) is 17.3. The van der Waals surface area contributed by atoms with Crippen molar-refractivity contribution in [3.8, 4) is 0 Å². The Morgan fingerprint density at radius 1 is 1.19 bits per heavy atom. The molecule has 0 radical (unpaired) electrons. The van der Waals surface area contributed by atoms with Gasteiger partial charge in [-0.15, -0.1) is 0 Å². The number of amides is 1. The Balaban J connectivity index is 1.88. The van der Waals surface area contributed by atoms with Crippen LogP contribution in [-0.2, 0) is 17.6 Å². The molecule has 2 N–H and O–H groups in total. The van der Waals surface area contributed by atoms with Crippen LogP contribution in [0.25, 0.3) is 0 Å². The minimum Gasteiger partial charge on any atom is -0.365 e. The van der Waals surface area contributed by atoms with Gasteiger partial charge in [0.2, 0.25) is 0 Å². The van der Waals surface area contributed by atoms with Crippen molar-refractivity contribution in [2.75, 3.05) is 5.32 Å². The first-order valence-electron chi connectivity index (χ1n) is 9.40. The summed E-state index contributed by atoms with van der Waals surface area (Å²) in [5.74, 6) is 0.626. The molecule has 2 aliphatic rings. The summed E-state index contributed by atoms with van der Waals surface area (Å²) >= 11 is 0. The monoisotopic (exact) mass is 351 g/mol. The molecular formula is C22H29N3O. The molecule has 0 heterocycles. The minimum atomic E-state index is -0.0771. The normalized spacial score (nSPS) is 17.7.